The minimum absolute atomic E-state index is 0. The quantitative estimate of drug-likeness (QED) is 0.360. The molecule has 0 unspecified atom stereocenters. The van der Waals surface area contributed by atoms with Crippen LogP contribution in [0.2, 0.25) is 0 Å². The Hall–Kier alpha value is -0.614. The SMILES string of the molecule is O=C1NC(=O)c2ccc(S(=O)(=O)[O-])c3cccc1c23.[K+]. The maximum absolute atomic E-state index is 11.7. The standard InChI is InChI=1S/C12H7NO5S.K/c14-11-7-3-1-2-6-9(19(16,17)18)5-4-8(10(6)7)12(15)13-11;/h1-5H,(H,13,14,15)(H,16,17,18);/q;+1/p-1. The Kier molecular flexibility index (Phi) is 4.18. The monoisotopic (exact) mass is 315 g/mol. The molecule has 2 amide bonds. The fourth-order valence-electron chi connectivity index (χ4n) is 2.21. The van der Waals surface area contributed by atoms with E-state index in [0.29, 0.717) is 0 Å². The fourth-order valence-corrected chi connectivity index (χ4v) is 2.89. The number of carbonyl (C=O) groups is 2. The first-order valence-electron chi connectivity index (χ1n) is 5.27. The zero-order valence-corrected chi connectivity index (χ0v) is 14.3. The van der Waals surface area contributed by atoms with Crippen LogP contribution in [0.1, 0.15) is 20.7 Å². The van der Waals surface area contributed by atoms with Crippen molar-refractivity contribution >= 4 is 32.7 Å². The zero-order valence-electron chi connectivity index (χ0n) is 10.3. The third-order valence-corrected chi connectivity index (χ3v) is 3.88. The summed E-state index contributed by atoms with van der Waals surface area (Å²) in [6.07, 6.45) is 0. The van der Waals surface area contributed by atoms with Gasteiger partial charge in [0.25, 0.3) is 11.8 Å². The number of benzene rings is 2. The summed E-state index contributed by atoms with van der Waals surface area (Å²) in [5.74, 6) is -1.22. The van der Waals surface area contributed by atoms with Crippen molar-refractivity contribution in [2.75, 3.05) is 0 Å². The topological polar surface area (TPSA) is 103 Å². The van der Waals surface area contributed by atoms with E-state index < -0.39 is 26.8 Å². The Balaban J connectivity index is 0.00000147. The summed E-state index contributed by atoms with van der Waals surface area (Å²) in [6, 6.07) is 6.65. The van der Waals surface area contributed by atoms with Gasteiger partial charge in [0.1, 0.15) is 10.1 Å². The molecule has 8 heteroatoms. The molecule has 3 rings (SSSR count). The minimum Gasteiger partial charge on any atom is -0.744 e. The predicted molar refractivity (Wildman–Crippen MR) is 63.7 cm³/mol. The molecular formula is C12H6KNO5S. The third-order valence-electron chi connectivity index (χ3n) is 2.99. The van der Waals surface area contributed by atoms with Crippen molar-refractivity contribution in [3.8, 4) is 0 Å². The fraction of sp³-hybridized carbons (Fsp3) is 0. The molecule has 1 aliphatic rings. The Morgan fingerprint density at radius 2 is 1.55 bits per heavy atom. The summed E-state index contributed by atoms with van der Waals surface area (Å²) in [7, 11) is -4.68. The van der Waals surface area contributed by atoms with Crippen molar-refractivity contribution < 1.29 is 73.9 Å². The van der Waals surface area contributed by atoms with E-state index in [2.05, 4.69) is 5.32 Å². The van der Waals surface area contributed by atoms with Crippen LogP contribution in [-0.4, -0.2) is 24.8 Å². The molecule has 20 heavy (non-hydrogen) atoms. The van der Waals surface area contributed by atoms with Crippen LogP contribution in [0.5, 0.6) is 0 Å². The molecule has 0 fully saturated rings. The van der Waals surface area contributed by atoms with Gasteiger partial charge in [0, 0.05) is 21.9 Å². The first-order chi connectivity index (χ1) is 8.89. The molecule has 0 saturated heterocycles. The second-order valence-electron chi connectivity index (χ2n) is 4.08. The number of nitrogens with one attached hydrogen (secondary N) is 1. The van der Waals surface area contributed by atoms with Gasteiger partial charge in [0.2, 0.25) is 0 Å². The molecule has 2 aromatic rings. The summed E-state index contributed by atoms with van der Waals surface area (Å²) in [6.45, 7) is 0. The van der Waals surface area contributed by atoms with Gasteiger partial charge in [-0.25, -0.2) is 8.42 Å². The van der Waals surface area contributed by atoms with Crippen molar-refractivity contribution in [2.24, 2.45) is 0 Å². The Morgan fingerprint density at radius 1 is 0.950 bits per heavy atom. The van der Waals surface area contributed by atoms with Crippen LogP contribution in [0.3, 0.4) is 0 Å². The minimum atomic E-state index is -4.68. The van der Waals surface area contributed by atoms with Gasteiger partial charge in [-0.1, -0.05) is 12.1 Å². The van der Waals surface area contributed by atoms with Crippen LogP contribution in [0.25, 0.3) is 10.8 Å². The Bertz CT molecular complexity index is 839. The Morgan fingerprint density at radius 3 is 2.15 bits per heavy atom. The van der Waals surface area contributed by atoms with Crippen molar-refractivity contribution in [2.45, 2.75) is 4.90 Å². The second kappa shape index (κ2) is 5.30. The van der Waals surface area contributed by atoms with Gasteiger partial charge in [-0.2, -0.15) is 0 Å². The van der Waals surface area contributed by atoms with E-state index >= 15 is 0 Å². The van der Waals surface area contributed by atoms with E-state index in [1.807, 2.05) is 0 Å². The molecule has 1 aliphatic heterocycles. The Labute approximate surface area is 156 Å². The van der Waals surface area contributed by atoms with Crippen LogP contribution in [-0.2, 0) is 10.1 Å². The van der Waals surface area contributed by atoms with Gasteiger partial charge in [0.05, 0.1) is 4.90 Å². The van der Waals surface area contributed by atoms with Crippen LogP contribution >= 0.6 is 0 Å². The van der Waals surface area contributed by atoms with Gasteiger partial charge >= 0.3 is 51.4 Å². The van der Waals surface area contributed by atoms with E-state index in [0.717, 1.165) is 6.07 Å². The number of amides is 2. The average Bonchev–Trinajstić information content (AvgIpc) is 2.33. The molecule has 0 bridgehead atoms. The van der Waals surface area contributed by atoms with Gasteiger partial charge < -0.3 is 4.55 Å². The molecule has 2 aromatic carbocycles. The molecular weight excluding hydrogens is 309 g/mol. The maximum atomic E-state index is 11.7. The van der Waals surface area contributed by atoms with Crippen molar-refractivity contribution in [3.63, 3.8) is 0 Å². The van der Waals surface area contributed by atoms with E-state index in [9.17, 15) is 22.6 Å². The molecule has 6 nitrogen and oxygen atoms in total. The molecule has 1 N–H and O–H groups in total. The molecule has 0 spiro atoms. The summed E-state index contributed by atoms with van der Waals surface area (Å²) in [4.78, 5) is 22.9. The summed E-state index contributed by atoms with van der Waals surface area (Å²) in [5, 5.41) is 2.44. The van der Waals surface area contributed by atoms with E-state index in [1.165, 1.54) is 24.3 Å². The van der Waals surface area contributed by atoms with Gasteiger partial charge in [0.15, 0.2) is 0 Å². The molecule has 1 heterocycles. The summed E-state index contributed by atoms with van der Waals surface area (Å²) in [5.41, 5.74) is 0.357. The number of hydrogen-bond donors (Lipinski definition) is 1. The molecule has 96 valence electrons. The summed E-state index contributed by atoms with van der Waals surface area (Å²) < 4.78 is 33.6. The number of imide groups is 1. The van der Waals surface area contributed by atoms with Gasteiger partial charge in [-0.15, -0.1) is 0 Å². The van der Waals surface area contributed by atoms with E-state index in [1.54, 1.807) is 0 Å². The van der Waals surface area contributed by atoms with Crippen LogP contribution < -0.4 is 56.7 Å². The first kappa shape index (κ1) is 15.8. The molecule has 0 radical (unpaired) electrons. The first-order valence-corrected chi connectivity index (χ1v) is 6.68. The summed E-state index contributed by atoms with van der Waals surface area (Å²) >= 11 is 0. The molecule has 0 saturated carbocycles. The number of rotatable bonds is 1. The number of hydrogen-bond acceptors (Lipinski definition) is 5. The largest absolute Gasteiger partial charge is 1.00 e. The van der Waals surface area contributed by atoms with Crippen molar-refractivity contribution in [1.29, 1.82) is 0 Å². The molecule has 0 atom stereocenters. The van der Waals surface area contributed by atoms with Crippen LogP contribution in [0, 0.1) is 0 Å². The normalized spacial score (nSPS) is 13.8. The smallest absolute Gasteiger partial charge is 0.744 e. The second-order valence-corrected chi connectivity index (χ2v) is 5.42. The van der Waals surface area contributed by atoms with Crippen molar-refractivity contribution in [1.82, 2.24) is 5.32 Å². The molecule has 0 aromatic heterocycles. The van der Waals surface area contributed by atoms with Gasteiger partial charge in [-0.05, 0) is 18.2 Å². The zero-order chi connectivity index (χ0) is 13.8. The van der Waals surface area contributed by atoms with E-state index in [4.69, 9.17) is 0 Å². The molecule has 0 aliphatic carbocycles. The van der Waals surface area contributed by atoms with E-state index in [-0.39, 0.29) is 73.3 Å². The van der Waals surface area contributed by atoms with Crippen molar-refractivity contribution in [3.05, 3.63) is 41.5 Å². The predicted octanol–water partition coefficient (Wildman–Crippen LogP) is -2.37. The van der Waals surface area contributed by atoms with Crippen LogP contribution in [0.15, 0.2) is 35.2 Å². The number of carbonyl (C=O) groups excluding carboxylic acids is 2. The van der Waals surface area contributed by atoms with Crippen LogP contribution in [0.4, 0.5) is 0 Å². The maximum Gasteiger partial charge on any atom is 1.00 e. The average molecular weight is 315 g/mol. The third kappa shape index (κ3) is 2.37. The van der Waals surface area contributed by atoms with Gasteiger partial charge in [-0.3, -0.25) is 14.9 Å².